The molecule has 3 heterocycles. The van der Waals surface area contributed by atoms with Gasteiger partial charge in [0.1, 0.15) is 11.0 Å². The fourth-order valence-electron chi connectivity index (χ4n) is 4.06. The van der Waals surface area contributed by atoms with Gasteiger partial charge in [-0.2, -0.15) is 0 Å². The molecule has 1 saturated heterocycles. The van der Waals surface area contributed by atoms with Gasteiger partial charge in [-0.15, -0.1) is 11.3 Å². The van der Waals surface area contributed by atoms with Crippen LogP contribution in [0.15, 0.2) is 36.1 Å². The molecule has 1 amide bonds. The Bertz CT molecular complexity index is 724. The molecule has 6 nitrogen and oxygen atoms in total. The zero-order valence-corrected chi connectivity index (χ0v) is 14.9. The first-order valence-corrected chi connectivity index (χ1v) is 9.42. The number of carbonyl (C=O) groups is 1. The normalized spacial score (nSPS) is 28.6. The molecule has 0 unspecified atom stereocenters. The number of thiazole rings is 1. The molecule has 2 fully saturated rings. The van der Waals surface area contributed by atoms with Gasteiger partial charge in [-0.3, -0.25) is 9.78 Å². The van der Waals surface area contributed by atoms with E-state index in [-0.39, 0.29) is 23.7 Å². The van der Waals surface area contributed by atoms with E-state index in [4.69, 9.17) is 9.47 Å². The van der Waals surface area contributed by atoms with Gasteiger partial charge in [0.15, 0.2) is 0 Å². The molecular formula is C18H21N3O3S. The van der Waals surface area contributed by atoms with E-state index in [0.29, 0.717) is 17.3 Å². The van der Waals surface area contributed by atoms with E-state index in [1.165, 1.54) is 11.3 Å². The van der Waals surface area contributed by atoms with E-state index in [2.05, 4.69) is 9.97 Å². The molecule has 2 aromatic rings. The predicted molar refractivity (Wildman–Crippen MR) is 93.8 cm³/mol. The molecular weight excluding hydrogens is 338 g/mol. The van der Waals surface area contributed by atoms with Gasteiger partial charge in [-0.05, 0) is 25.3 Å². The lowest BCUT2D eigenvalue weighted by Crippen LogP contribution is -2.53. The second-order valence-corrected chi connectivity index (χ2v) is 7.47. The summed E-state index contributed by atoms with van der Waals surface area (Å²) in [5, 5.41) is 0. The zero-order chi connectivity index (χ0) is 17.3. The van der Waals surface area contributed by atoms with Crippen LogP contribution < -0.4 is 4.74 Å². The summed E-state index contributed by atoms with van der Waals surface area (Å²) in [6.07, 6.45) is 6.83. The third-order valence-corrected chi connectivity index (χ3v) is 6.13. The number of ether oxygens (including phenoxy) is 2. The summed E-state index contributed by atoms with van der Waals surface area (Å²) in [5.41, 5.74) is 1.44. The van der Waals surface area contributed by atoms with Crippen LogP contribution in [0.4, 0.5) is 0 Å². The Balaban J connectivity index is 1.53. The summed E-state index contributed by atoms with van der Waals surface area (Å²) in [5.74, 6) is 0.681. The number of aromatic nitrogens is 2. The SMILES string of the molecule is CO[C@@]12CC[C@@H](Oc3ccccn3)C[C@@H]1N(C(=O)c1cncs1)CC2. The molecule has 3 atom stereocenters. The summed E-state index contributed by atoms with van der Waals surface area (Å²) in [6.45, 7) is 0.714. The van der Waals surface area contributed by atoms with Gasteiger partial charge in [0.2, 0.25) is 5.88 Å². The Hall–Kier alpha value is -1.99. The first-order chi connectivity index (χ1) is 12.2. The Morgan fingerprint density at radius 1 is 1.40 bits per heavy atom. The Kier molecular flexibility index (Phi) is 4.43. The number of fused-ring (bicyclic) bond motifs is 1. The number of hydrogen-bond donors (Lipinski definition) is 0. The van der Waals surface area contributed by atoms with Crippen LogP contribution in [0.25, 0.3) is 0 Å². The topological polar surface area (TPSA) is 64.6 Å². The lowest BCUT2D eigenvalue weighted by molar-refractivity contribution is -0.0788. The van der Waals surface area contributed by atoms with Crippen molar-refractivity contribution in [1.82, 2.24) is 14.9 Å². The monoisotopic (exact) mass is 359 g/mol. The van der Waals surface area contributed by atoms with Crippen LogP contribution in [0.5, 0.6) is 5.88 Å². The molecule has 1 aliphatic heterocycles. The average molecular weight is 359 g/mol. The fraction of sp³-hybridized carbons (Fsp3) is 0.500. The minimum atomic E-state index is -0.260. The predicted octanol–water partition coefficient (Wildman–Crippen LogP) is 2.77. The van der Waals surface area contributed by atoms with Crippen LogP contribution in [0.1, 0.15) is 35.4 Å². The molecule has 2 aromatic heterocycles. The molecule has 0 aromatic carbocycles. The number of likely N-dealkylation sites (tertiary alicyclic amines) is 1. The van der Waals surface area contributed by atoms with E-state index >= 15 is 0 Å². The second-order valence-electron chi connectivity index (χ2n) is 6.58. The number of pyridine rings is 1. The highest BCUT2D eigenvalue weighted by molar-refractivity contribution is 7.11. The quantitative estimate of drug-likeness (QED) is 0.840. The van der Waals surface area contributed by atoms with Crippen LogP contribution in [0, 0.1) is 0 Å². The number of hydrogen-bond acceptors (Lipinski definition) is 6. The number of amides is 1. The standard InChI is InChI=1S/C18H21N3O3S/c1-23-18-6-5-13(24-16-4-2-3-8-20-16)10-15(18)21(9-7-18)17(22)14-11-19-12-25-14/h2-4,8,11-13,15H,5-7,9-10H2,1H3/t13-,15+,18-/m1/s1. The van der Waals surface area contributed by atoms with Crippen molar-refractivity contribution in [1.29, 1.82) is 0 Å². The van der Waals surface area contributed by atoms with Crippen molar-refractivity contribution in [2.24, 2.45) is 0 Å². The maximum absolute atomic E-state index is 12.9. The van der Waals surface area contributed by atoms with Crippen LogP contribution in [0.2, 0.25) is 0 Å². The highest BCUT2D eigenvalue weighted by Crippen LogP contribution is 2.43. The van der Waals surface area contributed by atoms with Crippen molar-refractivity contribution in [2.45, 2.75) is 43.4 Å². The Labute approximate surface area is 150 Å². The smallest absolute Gasteiger partial charge is 0.265 e. The van der Waals surface area contributed by atoms with Crippen molar-refractivity contribution < 1.29 is 14.3 Å². The van der Waals surface area contributed by atoms with Gasteiger partial charge in [-0.25, -0.2) is 4.98 Å². The van der Waals surface area contributed by atoms with Gasteiger partial charge in [0, 0.05) is 32.3 Å². The number of nitrogens with zero attached hydrogens (tertiary/aromatic N) is 3. The third-order valence-electron chi connectivity index (χ3n) is 5.37. The molecule has 1 saturated carbocycles. The summed E-state index contributed by atoms with van der Waals surface area (Å²) in [6, 6.07) is 5.68. The van der Waals surface area contributed by atoms with E-state index in [1.807, 2.05) is 23.1 Å². The van der Waals surface area contributed by atoms with E-state index in [0.717, 1.165) is 25.7 Å². The highest BCUT2D eigenvalue weighted by Gasteiger charge is 2.53. The Morgan fingerprint density at radius 3 is 3.04 bits per heavy atom. The van der Waals surface area contributed by atoms with Crippen LogP contribution in [-0.4, -0.2) is 52.2 Å². The summed E-state index contributed by atoms with van der Waals surface area (Å²) in [7, 11) is 1.76. The van der Waals surface area contributed by atoms with Crippen LogP contribution in [-0.2, 0) is 4.74 Å². The maximum atomic E-state index is 12.9. The molecule has 132 valence electrons. The Morgan fingerprint density at radius 2 is 2.32 bits per heavy atom. The molecule has 25 heavy (non-hydrogen) atoms. The largest absolute Gasteiger partial charge is 0.474 e. The summed E-state index contributed by atoms with van der Waals surface area (Å²) < 4.78 is 12.0. The molecule has 7 heteroatoms. The number of rotatable bonds is 4. The average Bonchev–Trinajstić information content (AvgIpc) is 3.30. The molecule has 0 bridgehead atoms. The van der Waals surface area contributed by atoms with Crippen molar-refractivity contribution in [3.05, 3.63) is 41.0 Å². The summed E-state index contributed by atoms with van der Waals surface area (Å²) >= 11 is 1.38. The maximum Gasteiger partial charge on any atom is 0.265 e. The van der Waals surface area contributed by atoms with E-state index < -0.39 is 0 Å². The highest BCUT2D eigenvalue weighted by atomic mass is 32.1. The van der Waals surface area contributed by atoms with Crippen molar-refractivity contribution in [3.8, 4) is 5.88 Å². The minimum absolute atomic E-state index is 0.0227. The molecule has 1 aliphatic carbocycles. The minimum Gasteiger partial charge on any atom is -0.474 e. The van der Waals surface area contributed by atoms with Gasteiger partial charge in [0.05, 0.1) is 23.4 Å². The third kappa shape index (κ3) is 3.02. The second kappa shape index (κ2) is 6.72. The molecule has 0 radical (unpaired) electrons. The number of methoxy groups -OCH3 is 1. The van der Waals surface area contributed by atoms with Crippen LogP contribution >= 0.6 is 11.3 Å². The van der Waals surface area contributed by atoms with Gasteiger partial charge < -0.3 is 14.4 Å². The molecule has 4 rings (SSSR count). The van der Waals surface area contributed by atoms with Crippen molar-refractivity contribution in [3.63, 3.8) is 0 Å². The van der Waals surface area contributed by atoms with Crippen molar-refractivity contribution >= 4 is 17.2 Å². The molecule has 0 N–H and O–H groups in total. The van der Waals surface area contributed by atoms with E-state index in [1.54, 1.807) is 25.0 Å². The lowest BCUT2D eigenvalue weighted by Gasteiger charge is -2.43. The number of carbonyl (C=O) groups excluding carboxylic acids is 1. The van der Waals surface area contributed by atoms with Gasteiger partial charge in [-0.1, -0.05) is 6.07 Å². The van der Waals surface area contributed by atoms with Gasteiger partial charge in [0.25, 0.3) is 5.91 Å². The zero-order valence-electron chi connectivity index (χ0n) is 14.1. The molecule has 0 spiro atoms. The fourth-order valence-corrected chi connectivity index (χ4v) is 4.64. The first-order valence-electron chi connectivity index (χ1n) is 8.54. The summed E-state index contributed by atoms with van der Waals surface area (Å²) in [4.78, 5) is 23.8. The van der Waals surface area contributed by atoms with Crippen LogP contribution in [0.3, 0.4) is 0 Å². The molecule has 2 aliphatic rings. The lowest BCUT2D eigenvalue weighted by atomic mass is 9.79. The van der Waals surface area contributed by atoms with E-state index in [9.17, 15) is 4.79 Å². The van der Waals surface area contributed by atoms with Gasteiger partial charge >= 0.3 is 0 Å². The van der Waals surface area contributed by atoms with Crippen molar-refractivity contribution in [2.75, 3.05) is 13.7 Å². The first kappa shape index (κ1) is 16.5.